The van der Waals surface area contributed by atoms with Crippen LogP contribution in [-0.2, 0) is 27.3 Å². The van der Waals surface area contributed by atoms with Gasteiger partial charge in [-0.15, -0.1) is 28.2 Å². The number of nitrogens with two attached hydrogens (primary N) is 1. The minimum absolute atomic E-state index is 0. The van der Waals surface area contributed by atoms with Crippen molar-refractivity contribution in [3.63, 3.8) is 0 Å². The molecule has 2 aliphatic heterocycles. The zero-order valence-electron chi connectivity index (χ0n) is 19.1. The first kappa shape index (κ1) is 30.1. The molecule has 0 spiro atoms. The molecule has 2 aromatic heterocycles. The maximum absolute atomic E-state index is 12.8. The first-order chi connectivity index (χ1) is 16.2. The third-order valence-electron chi connectivity index (χ3n) is 5.11. The van der Waals surface area contributed by atoms with Gasteiger partial charge in [0.05, 0.1) is 18.7 Å². The summed E-state index contributed by atoms with van der Waals surface area (Å²) in [6.07, 6.45) is 0.000917. The minimum Gasteiger partial charge on any atom is -1.00 e. The first-order valence-corrected chi connectivity index (χ1v) is 13.1. The van der Waals surface area contributed by atoms with Crippen LogP contribution in [-0.4, -0.2) is 101 Å². The Hall–Kier alpha value is -2.11. The van der Waals surface area contributed by atoms with E-state index in [4.69, 9.17) is 5.73 Å². The Morgan fingerprint density at radius 2 is 2.11 bits per heavy atom. The quantitative estimate of drug-likeness (QED) is 0.175. The fourth-order valence-corrected chi connectivity index (χ4v) is 6.42. The van der Waals surface area contributed by atoms with Crippen LogP contribution in [0.4, 0.5) is 5.13 Å². The van der Waals surface area contributed by atoms with Gasteiger partial charge in [-0.25, -0.2) is 14.5 Å². The average molecular weight is 597 g/mol. The number of rotatable bonds is 10. The Kier molecular flexibility index (Phi) is 10.8. The predicted octanol–water partition coefficient (Wildman–Crippen LogP) is -6.65. The zero-order chi connectivity index (χ0) is 24.4. The van der Waals surface area contributed by atoms with E-state index >= 15 is 0 Å². The second-order valence-corrected chi connectivity index (χ2v) is 10.8. The van der Waals surface area contributed by atoms with E-state index in [0.717, 1.165) is 6.54 Å². The zero-order valence-corrected chi connectivity index (χ0v) is 23.1. The summed E-state index contributed by atoms with van der Waals surface area (Å²) in [5.74, 6) is -1.24. The molecule has 18 heteroatoms. The van der Waals surface area contributed by atoms with Gasteiger partial charge in [0.25, 0.3) is 5.91 Å². The molecule has 2 aromatic rings. The van der Waals surface area contributed by atoms with Gasteiger partial charge < -0.3 is 45.9 Å². The number of hydrogen-bond donors (Lipinski definition) is 3. The van der Waals surface area contributed by atoms with Crippen molar-refractivity contribution >= 4 is 57.8 Å². The summed E-state index contributed by atoms with van der Waals surface area (Å²) in [7, 11) is 3.90. The number of thioether (sulfide) groups is 2. The maximum atomic E-state index is 12.8. The number of aromatic nitrogens is 5. The van der Waals surface area contributed by atoms with Crippen LogP contribution in [0.5, 0.6) is 0 Å². The van der Waals surface area contributed by atoms with E-state index in [9.17, 15) is 19.5 Å². The number of hydrogen-bond acceptors (Lipinski definition) is 12. The monoisotopic (exact) mass is 595 g/mol. The molecule has 1 fully saturated rings. The number of carbonyl (C=O) groups excluding carboxylic acids is 2. The molecular formula is C18H23Cl2N9O4S3-2. The summed E-state index contributed by atoms with van der Waals surface area (Å²) in [4.78, 5) is 44.5. The summed E-state index contributed by atoms with van der Waals surface area (Å²) in [6.45, 7) is 1.36. The Morgan fingerprint density at radius 1 is 1.36 bits per heavy atom. The summed E-state index contributed by atoms with van der Waals surface area (Å²) in [5, 5.41) is 26.4. The van der Waals surface area contributed by atoms with E-state index in [-0.39, 0.29) is 42.8 Å². The van der Waals surface area contributed by atoms with E-state index in [1.807, 2.05) is 19.0 Å². The Bertz CT molecular complexity index is 1140. The molecule has 2 atom stereocenters. The van der Waals surface area contributed by atoms with E-state index in [1.165, 1.54) is 39.8 Å². The number of aliphatic carboxylic acids is 1. The highest BCUT2D eigenvalue weighted by Crippen LogP contribution is 2.41. The number of tetrazole rings is 1. The number of likely N-dealkylation sites (N-methyl/N-ethyl adjacent to an activating group) is 1. The molecule has 2 aliphatic rings. The summed E-state index contributed by atoms with van der Waals surface area (Å²) in [6, 6.07) is -0.782. The molecule has 0 aromatic carbocycles. The number of amides is 2. The molecule has 0 radical (unpaired) electrons. The number of nitrogen functional groups attached to an aromatic ring is 1. The van der Waals surface area contributed by atoms with Gasteiger partial charge in [0.2, 0.25) is 11.1 Å². The lowest BCUT2D eigenvalue weighted by atomic mass is 10.0. The molecule has 0 aliphatic carbocycles. The molecule has 36 heavy (non-hydrogen) atoms. The number of anilines is 1. The van der Waals surface area contributed by atoms with Gasteiger partial charge in [-0.3, -0.25) is 14.5 Å². The van der Waals surface area contributed by atoms with Crippen molar-refractivity contribution in [2.24, 2.45) is 0 Å². The fraction of sp³-hybridized carbons (Fsp3) is 0.500. The largest absolute Gasteiger partial charge is 1.00 e. The maximum Gasteiger partial charge on any atom is 0.352 e. The van der Waals surface area contributed by atoms with Crippen LogP contribution in [0.25, 0.3) is 0 Å². The topological polar surface area (TPSA) is 172 Å². The summed E-state index contributed by atoms with van der Waals surface area (Å²) >= 11 is 3.98. The lowest BCUT2D eigenvalue weighted by molar-refractivity contribution is -0.150. The van der Waals surface area contributed by atoms with Crippen LogP contribution in [0.2, 0.25) is 0 Å². The van der Waals surface area contributed by atoms with Gasteiger partial charge >= 0.3 is 5.97 Å². The number of β-lactam (4-membered cyclic amide) rings is 1. The van der Waals surface area contributed by atoms with Crippen molar-refractivity contribution in [1.82, 2.24) is 40.3 Å². The predicted molar refractivity (Wildman–Crippen MR) is 127 cm³/mol. The average Bonchev–Trinajstić information content (AvgIpc) is 3.41. The number of halogens is 2. The van der Waals surface area contributed by atoms with Gasteiger partial charge in [0.15, 0.2) is 5.13 Å². The third kappa shape index (κ3) is 6.60. The second-order valence-electron chi connectivity index (χ2n) is 7.84. The third-order valence-corrected chi connectivity index (χ3v) is 8.22. The van der Waals surface area contributed by atoms with Gasteiger partial charge in [-0.05, 0) is 30.1 Å². The molecule has 4 N–H and O–H groups in total. The molecule has 0 saturated carbocycles. The Morgan fingerprint density at radius 3 is 2.75 bits per heavy atom. The molecule has 4 heterocycles. The smallest absolute Gasteiger partial charge is 0.352 e. The number of nitrogens with one attached hydrogen (secondary N) is 1. The van der Waals surface area contributed by atoms with Gasteiger partial charge in [0, 0.05) is 23.4 Å². The molecule has 13 nitrogen and oxygen atoms in total. The highest BCUT2D eigenvalue weighted by molar-refractivity contribution is 8.01. The van der Waals surface area contributed by atoms with Gasteiger partial charge in [-0.2, -0.15) is 0 Å². The van der Waals surface area contributed by atoms with Crippen LogP contribution >= 0.6 is 34.9 Å². The van der Waals surface area contributed by atoms with Crippen molar-refractivity contribution in [3.8, 4) is 0 Å². The molecule has 0 unspecified atom stereocenters. The van der Waals surface area contributed by atoms with E-state index < -0.39 is 23.3 Å². The first-order valence-electron chi connectivity index (χ1n) is 10.2. The van der Waals surface area contributed by atoms with E-state index in [2.05, 4.69) is 25.8 Å². The van der Waals surface area contributed by atoms with Crippen molar-refractivity contribution in [3.05, 3.63) is 22.3 Å². The second kappa shape index (κ2) is 12.9. The highest BCUT2D eigenvalue weighted by atomic mass is 35.5. The van der Waals surface area contributed by atoms with Crippen molar-refractivity contribution in [2.75, 3.05) is 37.9 Å². The minimum atomic E-state index is -1.18. The molecule has 2 amide bonds. The van der Waals surface area contributed by atoms with Crippen LogP contribution in [0.15, 0.2) is 21.8 Å². The number of nitrogens with zero attached hydrogens (tertiary/aromatic N) is 7. The molecular weight excluding hydrogens is 573 g/mol. The summed E-state index contributed by atoms with van der Waals surface area (Å²) in [5.41, 5.74) is 6.68. The SMILES string of the molecule is CN(C)CCn1nnnc1SCC1=C(C(=O)O)N2C(=O)[C@@H](NC(=O)Cc3csc(N)n3)[C@H]2SC1.[Cl-].[Cl-]. The number of fused-ring (bicyclic) bond motifs is 1. The number of carboxylic acid groups (broad SMARTS) is 1. The van der Waals surface area contributed by atoms with E-state index in [0.29, 0.717) is 39.6 Å². The van der Waals surface area contributed by atoms with Crippen LogP contribution in [0, 0.1) is 0 Å². The summed E-state index contributed by atoms with van der Waals surface area (Å²) < 4.78 is 1.67. The van der Waals surface area contributed by atoms with Crippen LogP contribution in [0.1, 0.15) is 5.69 Å². The van der Waals surface area contributed by atoms with Crippen molar-refractivity contribution in [2.45, 2.75) is 29.5 Å². The number of carbonyl (C=O) groups is 3. The van der Waals surface area contributed by atoms with Gasteiger partial charge in [0.1, 0.15) is 17.1 Å². The van der Waals surface area contributed by atoms with E-state index in [1.54, 1.807) is 10.1 Å². The lowest BCUT2D eigenvalue weighted by Crippen LogP contribution is -3.00. The normalized spacial score (nSPS) is 18.8. The highest BCUT2D eigenvalue weighted by Gasteiger charge is 2.54. The van der Waals surface area contributed by atoms with Crippen molar-refractivity contribution in [1.29, 1.82) is 0 Å². The molecule has 198 valence electrons. The fourth-order valence-electron chi connectivity index (χ4n) is 3.47. The van der Waals surface area contributed by atoms with Crippen LogP contribution in [0.3, 0.4) is 0 Å². The van der Waals surface area contributed by atoms with Gasteiger partial charge in [-0.1, -0.05) is 11.8 Å². The Balaban J connectivity index is 0.00000228. The lowest BCUT2D eigenvalue weighted by Gasteiger charge is -2.49. The Labute approximate surface area is 231 Å². The standard InChI is InChI=1S/C18H23N9O4S3.2ClH/c1-25(2)3-4-26-18(22-23-24-26)34-7-9-6-32-15-12(14(29)27(15)13(9)16(30)31)21-11(28)5-10-8-33-17(19)20-10;;/h8,12,15H,3-7H2,1-2H3,(H2,19,20)(H,21,28)(H,30,31);2*1H/p-2/t12-,15-;;/m1../s1. The van der Waals surface area contributed by atoms with Crippen molar-refractivity contribution < 1.29 is 44.3 Å². The molecule has 4 rings (SSSR count). The number of thiazole rings is 1. The van der Waals surface area contributed by atoms with Crippen LogP contribution < -0.4 is 35.9 Å². The molecule has 1 saturated heterocycles. The molecule has 0 bridgehead atoms. The number of carboxylic acids is 1.